The predicted octanol–water partition coefficient (Wildman–Crippen LogP) is 4.17. The van der Waals surface area contributed by atoms with E-state index in [-0.39, 0.29) is 17.7 Å². The van der Waals surface area contributed by atoms with E-state index in [1.54, 1.807) is 0 Å². The number of benzene rings is 2. The smallest absolute Gasteiger partial charge is 0.226 e. The Bertz CT molecular complexity index is 954. The summed E-state index contributed by atoms with van der Waals surface area (Å²) in [6.07, 6.45) is 2.35. The third-order valence-electron chi connectivity index (χ3n) is 6.28. The molecule has 0 saturated carbocycles. The van der Waals surface area contributed by atoms with Crippen LogP contribution in [0, 0.1) is 5.92 Å². The summed E-state index contributed by atoms with van der Waals surface area (Å²) in [5.74, 6) is 1.21. The van der Waals surface area contributed by atoms with Gasteiger partial charge in [-0.15, -0.1) is 0 Å². The van der Waals surface area contributed by atoms with Crippen LogP contribution in [0.3, 0.4) is 0 Å². The van der Waals surface area contributed by atoms with E-state index in [4.69, 9.17) is 9.26 Å². The molecular weight excluding hydrogens is 376 g/mol. The highest BCUT2D eigenvalue weighted by Crippen LogP contribution is 2.36. The maximum absolute atomic E-state index is 13.1. The van der Waals surface area contributed by atoms with Gasteiger partial charge in [0.1, 0.15) is 11.5 Å². The Morgan fingerprint density at radius 3 is 2.23 bits per heavy atom. The molecule has 5 heteroatoms. The van der Waals surface area contributed by atoms with Crippen LogP contribution >= 0.6 is 0 Å². The summed E-state index contributed by atoms with van der Waals surface area (Å²) in [7, 11) is 0. The Labute approximate surface area is 176 Å². The van der Waals surface area contributed by atoms with Crippen molar-refractivity contribution < 1.29 is 14.1 Å². The molecule has 0 atom stereocenters. The average Bonchev–Trinajstić information content (AvgIpc) is 3.24. The molecule has 5 nitrogen and oxygen atoms in total. The first kappa shape index (κ1) is 19.1. The largest absolute Gasteiger partial charge is 0.381 e. The van der Waals surface area contributed by atoms with Crippen LogP contribution in [0.5, 0.6) is 0 Å². The molecule has 1 saturated heterocycles. The van der Waals surface area contributed by atoms with Crippen molar-refractivity contribution in [3.8, 4) is 0 Å². The minimum absolute atomic E-state index is 0.0157. The number of ether oxygens (including phenoxy) is 1. The van der Waals surface area contributed by atoms with Crippen molar-refractivity contribution in [2.24, 2.45) is 5.92 Å². The van der Waals surface area contributed by atoms with Crippen molar-refractivity contribution in [3.63, 3.8) is 0 Å². The van der Waals surface area contributed by atoms with Crippen molar-refractivity contribution in [1.29, 1.82) is 0 Å². The Morgan fingerprint density at radius 1 is 0.967 bits per heavy atom. The van der Waals surface area contributed by atoms with Gasteiger partial charge in [-0.05, 0) is 24.0 Å². The van der Waals surface area contributed by atoms with Crippen molar-refractivity contribution in [2.45, 2.75) is 31.7 Å². The molecule has 3 aromatic rings. The molecule has 1 amide bonds. The SMILES string of the molecule is O=C(C1CCOCC1)N1CCc2onc(C(c3ccccc3)c3ccccc3)c2C1. The summed E-state index contributed by atoms with van der Waals surface area (Å²) in [6, 6.07) is 20.8. The molecular formula is C25H26N2O3. The number of fused-ring (bicyclic) bond motifs is 1. The van der Waals surface area contributed by atoms with Crippen LogP contribution in [0.25, 0.3) is 0 Å². The van der Waals surface area contributed by atoms with Crippen LogP contribution in [0.15, 0.2) is 65.2 Å². The third kappa shape index (κ3) is 3.65. The number of carbonyl (C=O) groups excluding carboxylic acids is 1. The van der Waals surface area contributed by atoms with Crippen LogP contribution in [0.4, 0.5) is 0 Å². The molecule has 3 heterocycles. The Morgan fingerprint density at radius 2 is 1.60 bits per heavy atom. The first-order valence-corrected chi connectivity index (χ1v) is 10.7. The molecule has 0 radical (unpaired) electrons. The highest BCUT2D eigenvalue weighted by molar-refractivity contribution is 5.79. The molecule has 0 aliphatic carbocycles. The fourth-order valence-corrected chi connectivity index (χ4v) is 4.65. The van der Waals surface area contributed by atoms with Crippen molar-refractivity contribution in [3.05, 3.63) is 88.8 Å². The van der Waals surface area contributed by atoms with Crippen LogP contribution in [0.2, 0.25) is 0 Å². The Balaban J connectivity index is 1.49. The molecule has 1 aromatic heterocycles. The first-order chi connectivity index (χ1) is 14.8. The summed E-state index contributed by atoms with van der Waals surface area (Å²) in [6.45, 7) is 2.62. The fourth-order valence-electron chi connectivity index (χ4n) is 4.65. The van der Waals surface area contributed by atoms with Gasteiger partial charge in [-0.1, -0.05) is 65.8 Å². The monoisotopic (exact) mass is 402 g/mol. The van der Waals surface area contributed by atoms with E-state index in [9.17, 15) is 4.79 Å². The lowest BCUT2D eigenvalue weighted by atomic mass is 9.85. The van der Waals surface area contributed by atoms with Gasteiger partial charge in [-0.2, -0.15) is 0 Å². The molecule has 2 aromatic carbocycles. The number of hydrogen-bond acceptors (Lipinski definition) is 4. The fraction of sp³-hybridized carbons (Fsp3) is 0.360. The van der Waals surface area contributed by atoms with E-state index in [2.05, 4.69) is 53.7 Å². The number of nitrogens with zero attached hydrogens (tertiary/aromatic N) is 2. The second-order valence-corrected chi connectivity index (χ2v) is 8.12. The molecule has 154 valence electrons. The summed E-state index contributed by atoms with van der Waals surface area (Å²) >= 11 is 0. The van der Waals surface area contributed by atoms with Gasteiger partial charge >= 0.3 is 0 Å². The van der Waals surface area contributed by atoms with Gasteiger partial charge in [0, 0.05) is 37.7 Å². The van der Waals surface area contributed by atoms with Crippen molar-refractivity contribution >= 4 is 5.91 Å². The van der Waals surface area contributed by atoms with Crippen molar-refractivity contribution in [1.82, 2.24) is 10.1 Å². The molecule has 0 bridgehead atoms. The summed E-state index contributed by atoms with van der Waals surface area (Å²) in [5.41, 5.74) is 4.34. The lowest BCUT2D eigenvalue weighted by molar-refractivity contribution is -0.139. The molecule has 0 spiro atoms. The van der Waals surface area contributed by atoms with E-state index >= 15 is 0 Å². The zero-order valence-electron chi connectivity index (χ0n) is 17.0. The van der Waals surface area contributed by atoms with Gasteiger partial charge in [0.05, 0.1) is 12.5 Å². The first-order valence-electron chi connectivity index (χ1n) is 10.7. The van der Waals surface area contributed by atoms with E-state index in [0.717, 1.165) is 29.9 Å². The summed E-state index contributed by atoms with van der Waals surface area (Å²) in [5, 5.41) is 4.52. The number of hydrogen-bond donors (Lipinski definition) is 0. The molecule has 2 aliphatic heterocycles. The lowest BCUT2D eigenvalue weighted by Crippen LogP contribution is -2.41. The minimum atomic E-state index is -0.0157. The lowest BCUT2D eigenvalue weighted by Gasteiger charge is -2.32. The number of carbonyl (C=O) groups is 1. The van der Waals surface area contributed by atoms with Gasteiger partial charge in [0.2, 0.25) is 5.91 Å². The molecule has 5 rings (SSSR count). The number of aromatic nitrogens is 1. The van der Waals surface area contributed by atoms with Gasteiger partial charge in [-0.25, -0.2) is 0 Å². The number of rotatable bonds is 4. The second kappa shape index (κ2) is 8.44. The zero-order valence-corrected chi connectivity index (χ0v) is 17.0. The van der Waals surface area contributed by atoms with Crippen LogP contribution in [-0.4, -0.2) is 35.7 Å². The highest BCUT2D eigenvalue weighted by Gasteiger charge is 2.34. The summed E-state index contributed by atoms with van der Waals surface area (Å²) in [4.78, 5) is 15.1. The maximum Gasteiger partial charge on any atom is 0.226 e. The average molecular weight is 402 g/mol. The van der Waals surface area contributed by atoms with Crippen molar-refractivity contribution in [2.75, 3.05) is 19.8 Å². The van der Waals surface area contributed by atoms with E-state index in [1.165, 1.54) is 11.1 Å². The predicted molar refractivity (Wildman–Crippen MR) is 113 cm³/mol. The third-order valence-corrected chi connectivity index (χ3v) is 6.28. The zero-order chi connectivity index (χ0) is 20.3. The van der Waals surface area contributed by atoms with E-state index in [0.29, 0.717) is 32.7 Å². The maximum atomic E-state index is 13.1. The Kier molecular flexibility index (Phi) is 5.37. The minimum Gasteiger partial charge on any atom is -0.381 e. The van der Waals surface area contributed by atoms with Gasteiger partial charge in [-0.3, -0.25) is 4.79 Å². The molecule has 0 N–H and O–H groups in total. The van der Waals surface area contributed by atoms with Gasteiger partial charge in [0.15, 0.2) is 0 Å². The van der Waals surface area contributed by atoms with Crippen LogP contribution in [0.1, 0.15) is 46.9 Å². The molecule has 1 fully saturated rings. The second-order valence-electron chi connectivity index (χ2n) is 8.12. The highest BCUT2D eigenvalue weighted by atomic mass is 16.5. The van der Waals surface area contributed by atoms with Gasteiger partial charge in [0.25, 0.3) is 0 Å². The van der Waals surface area contributed by atoms with Crippen LogP contribution in [-0.2, 0) is 22.5 Å². The molecule has 2 aliphatic rings. The van der Waals surface area contributed by atoms with Gasteiger partial charge < -0.3 is 14.2 Å². The topological polar surface area (TPSA) is 55.6 Å². The molecule has 0 unspecified atom stereocenters. The van der Waals surface area contributed by atoms with E-state index < -0.39 is 0 Å². The van der Waals surface area contributed by atoms with E-state index in [1.807, 2.05) is 17.0 Å². The van der Waals surface area contributed by atoms with Crippen LogP contribution < -0.4 is 0 Å². The number of amides is 1. The normalized spacial score (nSPS) is 17.2. The summed E-state index contributed by atoms with van der Waals surface area (Å²) < 4.78 is 11.2. The molecule has 30 heavy (non-hydrogen) atoms. The Hall–Kier alpha value is -2.92. The standard InChI is InChI=1S/C25H26N2O3/c28-25(20-12-15-29-16-13-20)27-14-11-22-21(17-27)24(26-30-22)23(18-7-3-1-4-8-18)19-9-5-2-6-10-19/h1-10,20,23H,11-17H2. The quantitative estimate of drug-likeness (QED) is 0.657.